The second-order valence-corrected chi connectivity index (χ2v) is 11.2. The van der Waals surface area contributed by atoms with Gasteiger partial charge in [-0.2, -0.15) is 4.31 Å². The minimum absolute atomic E-state index is 0.181. The number of nitrogens with zero attached hydrogens (tertiary/aromatic N) is 1. The summed E-state index contributed by atoms with van der Waals surface area (Å²) in [5.41, 5.74) is 3.32. The van der Waals surface area contributed by atoms with E-state index in [4.69, 9.17) is 11.6 Å². The molecule has 2 aliphatic heterocycles. The topological polar surface area (TPSA) is 49.4 Å². The number of allylic oxidation sites excluding steroid dienone is 2. The number of rotatable bonds is 3. The summed E-state index contributed by atoms with van der Waals surface area (Å²) in [6.45, 7) is 3.42. The van der Waals surface area contributed by atoms with Gasteiger partial charge in [0, 0.05) is 29.7 Å². The van der Waals surface area contributed by atoms with Crippen molar-refractivity contribution in [1.29, 1.82) is 0 Å². The fourth-order valence-corrected chi connectivity index (χ4v) is 6.74. The maximum atomic E-state index is 13.3. The molecule has 2 aromatic rings. The zero-order valence-corrected chi connectivity index (χ0v) is 18.7. The predicted molar refractivity (Wildman–Crippen MR) is 121 cm³/mol. The number of halogens is 1. The fraction of sp³-hybridized carbons (Fsp3) is 0.417. The SMILES string of the molecule is CC1CCN(S(=O)(=O)c2ccc3c(c2)C2C=CCC2C(c2ccc(Cl)cc2)N3)CC1. The van der Waals surface area contributed by atoms with Gasteiger partial charge in [0.25, 0.3) is 0 Å². The summed E-state index contributed by atoms with van der Waals surface area (Å²) in [5, 5.41) is 4.41. The Morgan fingerprint density at radius 3 is 2.53 bits per heavy atom. The van der Waals surface area contributed by atoms with Gasteiger partial charge in [-0.3, -0.25) is 0 Å². The van der Waals surface area contributed by atoms with E-state index in [0.717, 1.165) is 35.5 Å². The Morgan fingerprint density at radius 2 is 1.80 bits per heavy atom. The highest BCUT2D eigenvalue weighted by Crippen LogP contribution is 2.50. The third-order valence-corrected chi connectivity index (χ3v) is 9.09. The monoisotopic (exact) mass is 442 g/mol. The minimum atomic E-state index is -3.45. The Labute approximate surface area is 184 Å². The van der Waals surface area contributed by atoms with Gasteiger partial charge in [0.05, 0.1) is 10.9 Å². The van der Waals surface area contributed by atoms with Crippen molar-refractivity contribution >= 4 is 27.3 Å². The smallest absolute Gasteiger partial charge is 0.243 e. The van der Waals surface area contributed by atoms with E-state index < -0.39 is 10.0 Å². The van der Waals surface area contributed by atoms with E-state index in [9.17, 15) is 8.42 Å². The average Bonchev–Trinajstić information content (AvgIpc) is 3.24. The van der Waals surface area contributed by atoms with Gasteiger partial charge < -0.3 is 5.32 Å². The highest BCUT2D eigenvalue weighted by molar-refractivity contribution is 7.89. The molecular formula is C24H27ClN2O2S. The molecular weight excluding hydrogens is 416 g/mol. The Bertz CT molecular complexity index is 1070. The number of fused-ring (bicyclic) bond motifs is 3. The van der Waals surface area contributed by atoms with Crippen LogP contribution in [0.1, 0.15) is 49.3 Å². The van der Waals surface area contributed by atoms with Crippen LogP contribution in [0.4, 0.5) is 5.69 Å². The van der Waals surface area contributed by atoms with Crippen molar-refractivity contribution < 1.29 is 8.42 Å². The van der Waals surface area contributed by atoms with Crippen molar-refractivity contribution in [2.75, 3.05) is 18.4 Å². The van der Waals surface area contributed by atoms with E-state index in [-0.39, 0.29) is 12.0 Å². The molecule has 1 fully saturated rings. The second kappa shape index (κ2) is 7.70. The van der Waals surface area contributed by atoms with Crippen molar-refractivity contribution in [3.8, 4) is 0 Å². The Hall–Kier alpha value is -1.82. The first-order valence-corrected chi connectivity index (χ1v) is 12.6. The molecule has 1 N–H and O–H groups in total. The second-order valence-electron chi connectivity index (χ2n) is 8.86. The molecule has 0 radical (unpaired) electrons. The van der Waals surface area contributed by atoms with Gasteiger partial charge in [0.2, 0.25) is 10.0 Å². The van der Waals surface area contributed by atoms with Crippen molar-refractivity contribution in [3.05, 3.63) is 70.8 Å². The number of sulfonamides is 1. The average molecular weight is 443 g/mol. The van der Waals surface area contributed by atoms with Gasteiger partial charge in [-0.25, -0.2) is 8.42 Å². The molecule has 6 heteroatoms. The van der Waals surface area contributed by atoms with E-state index in [1.165, 1.54) is 5.56 Å². The Morgan fingerprint density at radius 1 is 1.07 bits per heavy atom. The molecule has 2 aromatic carbocycles. The third-order valence-electron chi connectivity index (χ3n) is 6.94. The fourth-order valence-electron chi connectivity index (χ4n) is 5.11. The van der Waals surface area contributed by atoms with Crippen LogP contribution in [-0.2, 0) is 10.0 Å². The molecule has 3 unspecified atom stereocenters. The largest absolute Gasteiger partial charge is 0.378 e. The Balaban J connectivity index is 1.48. The molecule has 1 saturated heterocycles. The summed E-state index contributed by atoms with van der Waals surface area (Å²) in [5.74, 6) is 1.18. The zero-order chi connectivity index (χ0) is 20.9. The van der Waals surface area contributed by atoms with Crippen LogP contribution in [0.5, 0.6) is 0 Å². The summed E-state index contributed by atoms with van der Waals surface area (Å²) in [7, 11) is -3.45. The van der Waals surface area contributed by atoms with Crippen LogP contribution in [0.3, 0.4) is 0 Å². The molecule has 3 aliphatic rings. The molecule has 30 heavy (non-hydrogen) atoms. The predicted octanol–water partition coefficient (Wildman–Crippen LogP) is 5.59. The standard InChI is InChI=1S/C24H27ClN2O2S/c1-16-11-13-27(14-12-16)30(28,29)19-9-10-23-22(15-19)20-3-2-4-21(20)24(26-23)17-5-7-18(25)8-6-17/h2-3,5-10,15-16,20-21,24,26H,4,11-14H2,1H3. The summed E-state index contributed by atoms with van der Waals surface area (Å²) < 4.78 is 28.2. The number of benzene rings is 2. The van der Waals surface area contributed by atoms with E-state index in [1.807, 2.05) is 24.3 Å². The van der Waals surface area contributed by atoms with Crippen molar-refractivity contribution in [2.24, 2.45) is 11.8 Å². The molecule has 0 saturated carbocycles. The van der Waals surface area contributed by atoms with E-state index in [0.29, 0.717) is 29.8 Å². The lowest BCUT2D eigenvalue weighted by Crippen LogP contribution is -2.38. The highest BCUT2D eigenvalue weighted by atomic mass is 35.5. The number of piperidine rings is 1. The maximum absolute atomic E-state index is 13.3. The van der Waals surface area contributed by atoms with Gasteiger partial charge in [-0.05, 0) is 72.6 Å². The molecule has 2 heterocycles. The first kappa shape index (κ1) is 20.1. The van der Waals surface area contributed by atoms with Crippen LogP contribution in [0, 0.1) is 11.8 Å². The van der Waals surface area contributed by atoms with Crippen LogP contribution in [0.2, 0.25) is 5.02 Å². The van der Waals surface area contributed by atoms with Crippen molar-refractivity contribution in [3.63, 3.8) is 0 Å². The minimum Gasteiger partial charge on any atom is -0.378 e. The molecule has 0 bridgehead atoms. The van der Waals surface area contributed by atoms with Crippen LogP contribution >= 0.6 is 11.6 Å². The summed E-state index contributed by atoms with van der Waals surface area (Å²) in [6, 6.07) is 13.8. The number of anilines is 1. The number of nitrogens with one attached hydrogen (secondary N) is 1. The first-order chi connectivity index (χ1) is 14.4. The van der Waals surface area contributed by atoms with Gasteiger partial charge >= 0.3 is 0 Å². The molecule has 4 nitrogen and oxygen atoms in total. The van der Waals surface area contributed by atoms with Gasteiger partial charge in [0.15, 0.2) is 0 Å². The molecule has 5 rings (SSSR count). The van der Waals surface area contributed by atoms with Crippen LogP contribution in [0.15, 0.2) is 59.5 Å². The molecule has 0 aromatic heterocycles. The van der Waals surface area contributed by atoms with Crippen molar-refractivity contribution in [1.82, 2.24) is 4.31 Å². The lowest BCUT2D eigenvalue weighted by molar-refractivity contribution is 0.288. The molecule has 0 spiro atoms. The molecule has 158 valence electrons. The lowest BCUT2D eigenvalue weighted by Gasteiger charge is -2.38. The highest BCUT2D eigenvalue weighted by Gasteiger charge is 2.39. The van der Waals surface area contributed by atoms with Gasteiger partial charge in [0.1, 0.15) is 0 Å². The van der Waals surface area contributed by atoms with Crippen LogP contribution in [0.25, 0.3) is 0 Å². The van der Waals surface area contributed by atoms with Crippen LogP contribution < -0.4 is 5.32 Å². The third kappa shape index (κ3) is 3.47. The maximum Gasteiger partial charge on any atom is 0.243 e. The van der Waals surface area contributed by atoms with E-state index in [1.54, 1.807) is 10.4 Å². The summed E-state index contributed by atoms with van der Waals surface area (Å²) >= 11 is 6.08. The number of hydrogen-bond donors (Lipinski definition) is 1. The zero-order valence-electron chi connectivity index (χ0n) is 17.1. The number of hydrogen-bond acceptors (Lipinski definition) is 3. The molecule has 1 aliphatic carbocycles. The van der Waals surface area contributed by atoms with Crippen LogP contribution in [-0.4, -0.2) is 25.8 Å². The van der Waals surface area contributed by atoms with E-state index in [2.05, 4.69) is 36.5 Å². The summed E-state index contributed by atoms with van der Waals surface area (Å²) in [6.07, 6.45) is 7.31. The van der Waals surface area contributed by atoms with Gasteiger partial charge in [-0.1, -0.05) is 42.8 Å². The summed E-state index contributed by atoms with van der Waals surface area (Å²) in [4.78, 5) is 0.418. The van der Waals surface area contributed by atoms with Gasteiger partial charge in [-0.15, -0.1) is 0 Å². The quantitative estimate of drug-likeness (QED) is 0.630. The molecule has 0 amide bonds. The lowest BCUT2D eigenvalue weighted by atomic mass is 9.77. The Kier molecular flexibility index (Phi) is 5.16. The normalized spacial score (nSPS) is 26.8. The van der Waals surface area contributed by atoms with E-state index >= 15 is 0 Å². The van der Waals surface area contributed by atoms with Crippen molar-refractivity contribution in [2.45, 2.75) is 43.0 Å². The molecule has 3 atom stereocenters. The first-order valence-electron chi connectivity index (χ1n) is 10.8.